The molecule has 0 bridgehead atoms. The van der Waals surface area contributed by atoms with Crippen molar-refractivity contribution in [2.24, 2.45) is 0 Å². The van der Waals surface area contributed by atoms with Crippen molar-refractivity contribution in [2.45, 2.75) is 6.54 Å². The summed E-state index contributed by atoms with van der Waals surface area (Å²) >= 11 is 0. The van der Waals surface area contributed by atoms with Gasteiger partial charge in [0, 0.05) is 12.2 Å². The maximum Gasteiger partial charge on any atom is 0.243 e. The molecule has 2 amide bonds. The molecular formula is C19H20FN3O4. The van der Waals surface area contributed by atoms with Crippen LogP contribution in [0.3, 0.4) is 0 Å². The zero-order chi connectivity index (χ0) is 19.2. The number of halogens is 1. The number of hydrogen-bond donors (Lipinski definition) is 2. The SMILES string of the molecule is CN(CC(=O)NCC(=O)Nc1ccc(F)cc1)Cc1ccc2c(c1)OCO2. The van der Waals surface area contributed by atoms with Crippen LogP contribution in [-0.2, 0) is 16.1 Å². The summed E-state index contributed by atoms with van der Waals surface area (Å²) in [5.41, 5.74) is 1.46. The summed E-state index contributed by atoms with van der Waals surface area (Å²) in [6.07, 6.45) is 0. The molecule has 1 aliphatic rings. The standard InChI is InChI=1S/C19H20FN3O4/c1-23(10-13-2-7-16-17(8-13)27-12-26-16)11-19(25)21-9-18(24)22-15-5-3-14(20)4-6-15/h2-8H,9-12H2,1H3,(H,21,25)(H,22,24). The normalized spacial score (nSPS) is 12.1. The number of nitrogens with one attached hydrogen (secondary N) is 2. The molecule has 0 radical (unpaired) electrons. The molecule has 2 aromatic carbocycles. The Morgan fingerprint density at radius 2 is 1.81 bits per heavy atom. The minimum atomic E-state index is -0.383. The van der Waals surface area contributed by atoms with Crippen molar-refractivity contribution in [3.8, 4) is 11.5 Å². The van der Waals surface area contributed by atoms with Gasteiger partial charge in [-0.1, -0.05) is 6.07 Å². The smallest absolute Gasteiger partial charge is 0.243 e. The van der Waals surface area contributed by atoms with Gasteiger partial charge in [-0.3, -0.25) is 14.5 Å². The molecule has 1 aliphatic heterocycles. The lowest BCUT2D eigenvalue weighted by Gasteiger charge is -2.16. The maximum atomic E-state index is 12.8. The third-order valence-corrected chi connectivity index (χ3v) is 3.88. The first-order valence-corrected chi connectivity index (χ1v) is 8.39. The molecule has 7 nitrogen and oxygen atoms in total. The fraction of sp³-hybridized carbons (Fsp3) is 0.263. The average Bonchev–Trinajstić information content (AvgIpc) is 3.09. The molecule has 2 N–H and O–H groups in total. The largest absolute Gasteiger partial charge is 0.454 e. The molecule has 0 spiro atoms. The predicted molar refractivity (Wildman–Crippen MR) is 96.9 cm³/mol. The van der Waals surface area contributed by atoms with Gasteiger partial charge < -0.3 is 20.1 Å². The number of fused-ring (bicyclic) bond motifs is 1. The van der Waals surface area contributed by atoms with Crippen LogP contribution in [0.25, 0.3) is 0 Å². The lowest BCUT2D eigenvalue weighted by atomic mass is 10.2. The van der Waals surface area contributed by atoms with Crippen LogP contribution >= 0.6 is 0 Å². The van der Waals surface area contributed by atoms with E-state index in [1.165, 1.54) is 24.3 Å². The minimum Gasteiger partial charge on any atom is -0.454 e. The molecule has 0 unspecified atom stereocenters. The van der Waals surface area contributed by atoms with Gasteiger partial charge in [0.2, 0.25) is 18.6 Å². The van der Waals surface area contributed by atoms with E-state index in [0.717, 1.165) is 5.56 Å². The summed E-state index contributed by atoms with van der Waals surface area (Å²) in [5.74, 6) is 0.377. The molecule has 27 heavy (non-hydrogen) atoms. The molecule has 0 saturated heterocycles. The Hall–Kier alpha value is -3.13. The molecule has 0 atom stereocenters. The van der Waals surface area contributed by atoms with E-state index >= 15 is 0 Å². The Morgan fingerprint density at radius 3 is 2.59 bits per heavy atom. The number of anilines is 1. The van der Waals surface area contributed by atoms with Gasteiger partial charge in [0.1, 0.15) is 5.82 Å². The van der Waals surface area contributed by atoms with Gasteiger partial charge in [0.25, 0.3) is 0 Å². The average molecular weight is 373 g/mol. The van der Waals surface area contributed by atoms with Crippen LogP contribution in [-0.4, -0.2) is 43.6 Å². The Bertz CT molecular complexity index is 826. The monoisotopic (exact) mass is 373 g/mol. The van der Waals surface area contributed by atoms with Crippen molar-refractivity contribution in [2.75, 3.05) is 32.2 Å². The molecule has 8 heteroatoms. The van der Waals surface area contributed by atoms with E-state index in [1.807, 2.05) is 30.1 Å². The van der Waals surface area contributed by atoms with Crippen molar-refractivity contribution in [1.29, 1.82) is 0 Å². The van der Waals surface area contributed by atoms with Crippen LogP contribution in [0.2, 0.25) is 0 Å². The number of hydrogen-bond acceptors (Lipinski definition) is 5. The second kappa shape index (κ2) is 8.50. The lowest BCUT2D eigenvalue weighted by Crippen LogP contribution is -2.39. The van der Waals surface area contributed by atoms with E-state index in [4.69, 9.17) is 9.47 Å². The number of likely N-dealkylation sites (N-methyl/N-ethyl adjacent to an activating group) is 1. The highest BCUT2D eigenvalue weighted by Gasteiger charge is 2.15. The van der Waals surface area contributed by atoms with Gasteiger partial charge in [-0.05, 0) is 49.0 Å². The highest BCUT2D eigenvalue weighted by Crippen LogP contribution is 2.32. The van der Waals surface area contributed by atoms with E-state index in [2.05, 4.69) is 10.6 Å². The van der Waals surface area contributed by atoms with E-state index in [-0.39, 0.29) is 37.5 Å². The topological polar surface area (TPSA) is 79.9 Å². The molecule has 2 aromatic rings. The van der Waals surface area contributed by atoms with Crippen molar-refractivity contribution in [3.63, 3.8) is 0 Å². The number of carbonyl (C=O) groups is 2. The summed E-state index contributed by atoms with van der Waals surface area (Å²) in [5, 5.41) is 5.14. The van der Waals surface area contributed by atoms with Gasteiger partial charge in [-0.15, -0.1) is 0 Å². The number of carbonyl (C=O) groups excluding carboxylic acids is 2. The number of amides is 2. The number of rotatable bonds is 7. The fourth-order valence-corrected chi connectivity index (χ4v) is 2.63. The zero-order valence-corrected chi connectivity index (χ0v) is 14.8. The molecule has 3 rings (SSSR count). The van der Waals surface area contributed by atoms with Crippen LogP contribution in [0.1, 0.15) is 5.56 Å². The Kier molecular flexibility index (Phi) is 5.87. The van der Waals surface area contributed by atoms with E-state index < -0.39 is 0 Å². The second-order valence-electron chi connectivity index (χ2n) is 6.19. The third kappa shape index (κ3) is 5.42. The fourth-order valence-electron chi connectivity index (χ4n) is 2.63. The Balaban J connectivity index is 1.40. The number of nitrogens with zero attached hydrogens (tertiary/aromatic N) is 1. The van der Waals surface area contributed by atoms with Crippen molar-refractivity contribution < 1.29 is 23.5 Å². The van der Waals surface area contributed by atoms with Crippen LogP contribution in [0.4, 0.5) is 10.1 Å². The van der Waals surface area contributed by atoms with Crippen molar-refractivity contribution >= 4 is 17.5 Å². The van der Waals surface area contributed by atoms with E-state index in [1.54, 1.807) is 0 Å². The van der Waals surface area contributed by atoms with Crippen LogP contribution in [0, 0.1) is 5.82 Å². The van der Waals surface area contributed by atoms with E-state index in [0.29, 0.717) is 23.7 Å². The first-order chi connectivity index (χ1) is 13.0. The highest BCUT2D eigenvalue weighted by molar-refractivity contribution is 5.94. The first-order valence-electron chi connectivity index (χ1n) is 8.39. The van der Waals surface area contributed by atoms with Gasteiger partial charge in [0.15, 0.2) is 11.5 Å². The predicted octanol–water partition coefficient (Wildman–Crippen LogP) is 1.74. The van der Waals surface area contributed by atoms with Gasteiger partial charge >= 0.3 is 0 Å². The van der Waals surface area contributed by atoms with Gasteiger partial charge in [-0.2, -0.15) is 0 Å². The summed E-state index contributed by atoms with van der Waals surface area (Å²) in [4.78, 5) is 25.7. The quantitative estimate of drug-likeness (QED) is 0.773. The molecule has 142 valence electrons. The first kappa shape index (κ1) is 18.7. The van der Waals surface area contributed by atoms with Gasteiger partial charge in [-0.25, -0.2) is 4.39 Å². The summed E-state index contributed by atoms with van der Waals surface area (Å²) < 4.78 is 23.4. The maximum absolute atomic E-state index is 12.8. The molecular weight excluding hydrogens is 353 g/mol. The van der Waals surface area contributed by atoms with E-state index in [9.17, 15) is 14.0 Å². The summed E-state index contributed by atoms with van der Waals surface area (Å²) in [7, 11) is 1.81. The van der Waals surface area contributed by atoms with Crippen LogP contribution < -0.4 is 20.1 Å². The molecule has 0 aromatic heterocycles. The van der Waals surface area contributed by atoms with Crippen molar-refractivity contribution in [1.82, 2.24) is 10.2 Å². The molecule has 0 saturated carbocycles. The molecule has 0 fully saturated rings. The minimum absolute atomic E-state index is 0.137. The Labute approximate surface area is 156 Å². The van der Waals surface area contributed by atoms with Crippen LogP contribution in [0.15, 0.2) is 42.5 Å². The van der Waals surface area contributed by atoms with Gasteiger partial charge in [0.05, 0.1) is 13.1 Å². The third-order valence-electron chi connectivity index (χ3n) is 3.88. The van der Waals surface area contributed by atoms with Crippen molar-refractivity contribution in [3.05, 3.63) is 53.8 Å². The second-order valence-corrected chi connectivity index (χ2v) is 6.19. The highest BCUT2D eigenvalue weighted by atomic mass is 19.1. The zero-order valence-electron chi connectivity index (χ0n) is 14.8. The molecule has 0 aliphatic carbocycles. The molecule has 1 heterocycles. The number of ether oxygens (including phenoxy) is 2. The summed E-state index contributed by atoms with van der Waals surface area (Å²) in [6.45, 7) is 0.745. The number of benzene rings is 2. The lowest BCUT2D eigenvalue weighted by molar-refractivity contribution is -0.124. The summed E-state index contributed by atoms with van der Waals surface area (Å²) in [6, 6.07) is 11.0. The Morgan fingerprint density at radius 1 is 1.07 bits per heavy atom. The van der Waals surface area contributed by atoms with Crippen LogP contribution in [0.5, 0.6) is 11.5 Å².